The van der Waals surface area contributed by atoms with E-state index in [2.05, 4.69) is 57.4 Å². The molecule has 0 saturated carbocycles. The van der Waals surface area contributed by atoms with Gasteiger partial charge in [0.15, 0.2) is 0 Å². The number of aromatic nitrogens is 2. The summed E-state index contributed by atoms with van der Waals surface area (Å²) >= 11 is 3.53. The van der Waals surface area contributed by atoms with Crippen LogP contribution in [0.15, 0.2) is 22.8 Å². The van der Waals surface area contributed by atoms with Crippen molar-refractivity contribution in [3.05, 3.63) is 34.2 Å². The lowest BCUT2D eigenvalue weighted by molar-refractivity contribution is 0.203. The van der Waals surface area contributed by atoms with Gasteiger partial charge in [-0.2, -0.15) is 0 Å². The number of nitrogens with zero attached hydrogens (tertiary/aromatic N) is 3. The number of fused-ring (bicyclic) bond motifs is 3. The molecular weight excluding hydrogens is 278 g/mol. The SMILES string of the molecule is CCN1CCc2nc3ccc(Br)cn3c2C1C. The van der Waals surface area contributed by atoms with Gasteiger partial charge in [0.1, 0.15) is 5.65 Å². The van der Waals surface area contributed by atoms with Crippen molar-refractivity contribution >= 4 is 21.6 Å². The molecule has 0 fully saturated rings. The molecule has 0 bridgehead atoms. The van der Waals surface area contributed by atoms with Crippen LogP contribution in [0.5, 0.6) is 0 Å². The highest BCUT2D eigenvalue weighted by molar-refractivity contribution is 9.10. The predicted octanol–water partition coefficient (Wildman–Crippen LogP) is 3.04. The molecule has 2 aromatic heterocycles. The molecule has 1 atom stereocenters. The molecule has 0 N–H and O–H groups in total. The fourth-order valence-corrected chi connectivity index (χ4v) is 3.10. The van der Waals surface area contributed by atoms with E-state index in [1.54, 1.807) is 0 Å². The minimum Gasteiger partial charge on any atom is -0.301 e. The van der Waals surface area contributed by atoms with Crippen molar-refractivity contribution in [1.29, 1.82) is 0 Å². The van der Waals surface area contributed by atoms with Gasteiger partial charge in [0.25, 0.3) is 0 Å². The van der Waals surface area contributed by atoms with E-state index < -0.39 is 0 Å². The summed E-state index contributed by atoms with van der Waals surface area (Å²) in [5, 5.41) is 0. The minimum absolute atomic E-state index is 0.452. The summed E-state index contributed by atoms with van der Waals surface area (Å²) in [5.74, 6) is 0. The molecule has 4 heteroatoms. The number of pyridine rings is 1. The van der Waals surface area contributed by atoms with Gasteiger partial charge in [-0.25, -0.2) is 4.98 Å². The fourth-order valence-electron chi connectivity index (χ4n) is 2.76. The largest absolute Gasteiger partial charge is 0.301 e. The Kier molecular flexibility index (Phi) is 2.71. The Hall–Kier alpha value is -0.870. The number of hydrogen-bond acceptors (Lipinski definition) is 2. The van der Waals surface area contributed by atoms with E-state index in [-0.39, 0.29) is 0 Å². The Morgan fingerprint density at radius 1 is 1.47 bits per heavy atom. The molecular formula is C13H16BrN3. The van der Waals surface area contributed by atoms with Gasteiger partial charge in [0.05, 0.1) is 11.4 Å². The van der Waals surface area contributed by atoms with E-state index in [1.165, 1.54) is 11.4 Å². The molecule has 0 amide bonds. The van der Waals surface area contributed by atoms with Crippen LogP contribution in [-0.2, 0) is 6.42 Å². The zero-order valence-electron chi connectivity index (χ0n) is 10.2. The molecule has 0 aromatic carbocycles. The zero-order chi connectivity index (χ0) is 12.0. The summed E-state index contributed by atoms with van der Waals surface area (Å²) in [6.07, 6.45) is 3.18. The second-order valence-corrected chi connectivity index (χ2v) is 5.49. The van der Waals surface area contributed by atoms with E-state index in [0.717, 1.165) is 29.6 Å². The molecule has 0 radical (unpaired) electrons. The number of rotatable bonds is 1. The van der Waals surface area contributed by atoms with Crippen molar-refractivity contribution in [2.24, 2.45) is 0 Å². The Morgan fingerprint density at radius 3 is 3.06 bits per heavy atom. The molecule has 0 saturated heterocycles. The summed E-state index contributed by atoms with van der Waals surface area (Å²) in [6, 6.07) is 4.58. The van der Waals surface area contributed by atoms with E-state index in [9.17, 15) is 0 Å². The quantitative estimate of drug-likeness (QED) is 0.806. The zero-order valence-corrected chi connectivity index (χ0v) is 11.7. The van der Waals surface area contributed by atoms with Crippen LogP contribution in [0, 0.1) is 0 Å². The fraction of sp³-hybridized carbons (Fsp3) is 0.462. The maximum atomic E-state index is 4.73. The van der Waals surface area contributed by atoms with Crippen LogP contribution >= 0.6 is 15.9 Å². The van der Waals surface area contributed by atoms with E-state index in [4.69, 9.17) is 4.98 Å². The maximum absolute atomic E-state index is 4.73. The molecule has 3 rings (SSSR count). The highest BCUT2D eigenvalue weighted by Gasteiger charge is 2.27. The third-order valence-corrected chi connectivity index (χ3v) is 4.15. The molecule has 1 unspecified atom stereocenters. The second kappa shape index (κ2) is 4.10. The van der Waals surface area contributed by atoms with Crippen molar-refractivity contribution in [3.8, 4) is 0 Å². The van der Waals surface area contributed by atoms with E-state index >= 15 is 0 Å². The average molecular weight is 294 g/mol. The normalized spacial score (nSPS) is 20.8. The number of halogens is 1. The molecule has 3 nitrogen and oxygen atoms in total. The molecule has 3 heterocycles. The first-order valence-corrected chi connectivity index (χ1v) is 6.90. The first-order valence-electron chi connectivity index (χ1n) is 6.11. The van der Waals surface area contributed by atoms with Crippen molar-refractivity contribution in [1.82, 2.24) is 14.3 Å². The van der Waals surface area contributed by atoms with Gasteiger partial charge in [0.2, 0.25) is 0 Å². The predicted molar refractivity (Wildman–Crippen MR) is 72.3 cm³/mol. The number of hydrogen-bond donors (Lipinski definition) is 0. The Balaban J connectivity index is 2.21. The lowest BCUT2D eigenvalue weighted by Gasteiger charge is -2.32. The van der Waals surface area contributed by atoms with Gasteiger partial charge in [-0.05, 0) is 41.5 Å². The molecule has 0 aliphatic carbocycles. The summed E-state index contributed by atoms with van der Waals surface area (Å²) in [7, 11) is 0. The van der Waals surface area contributed by atoms with Crippen LogP contribution in [0.4, 0.5) is 0 Å². The Bertz CT molecular complexity index is 561. The molecule has 17 heavy (non-hydrogen) atoms. The van der Waals surface area contributed by atoms with Gasteiger partial charge in [-0.3, -0.25) is 4.90 Å². The monoisotopic (exact) mass is 293 g/mol. The van der Waals surface area contributed by atoms with Crippen LogP contribution in [0.1, 0.15) is 31.3 Å². The van der Waals surface area contributed by atoms with Crippen molar-refractivity contribution < 1.29 is 0 Å². The van der Waals surface area contributed by atoms with E-state index in [0.29, 0.717) is 6.04 Å². The van der Waals surface area contributed by atoms with Gasteiger partial charge in [-0.15, -0.1) is 0 Å². The lowest BCUT2D eigenvalue weighted by Crippen LogP contribution is -2.34. The van der Waals surface area contributed by atoms with Gasteiger partial charge in [0, 0.05) is 29.7 Å². The van der Waals surface area contributed by atoms with Crippen molar-refractivity contribution in [2.75, 3.05) is 13.1 Å². The van der Waals surface area contributed by atoms with Crippen molar-refractivity contribution in [3.63, 3.8) is 0 Å². The van der Waals surface area contributed by atoms with Crippen LogP contribution in [0.2, 0.25) is 0 Å². The smallest absolute Gasteiger partial charge is 0.137 e. The standard InChI is InChI=1S/C13H16BrN3/c1-3-16-7-6-11-13(9(16)2)17-8-10(14)4-5-12(17)15-11/h4-5,8-9H,3,6-7H2,1-2H3. The summed E-state index contributed by atoms with van der Waals surface area (Å²) < 4.78 is 3.33. The van der Waals surface area contributed by atoms with Gasteiger partial charge >= 0.3 is 0 Å². The van der Waals surface area contributed by atoms with Crippen molar-refractivity contribution in [2.45, 2.75) is 26.3 Å². The first kappa shape index (κ1) is 11.2. The Labute approximate surface area is 110 Å². The third-order valence-electron chi connectivity index (χ3n) is 3.68. The second-order valence-electron chi connectivity index (χ2n) is 4.57. The highest BCUT2D eigenvalue weighted by atomic mass is 79.9. The lowest BCUT2D eigenvalue weighted by atomic mass is 10.0. The van der Waals surface area contributed by atoms with Gasteiger partial charge in [-0.1, -0.05) is 6.92 Å². The molecule has 0 spiro atoms. The summed E-state index contributed by atoms with van der Waals surface area (Å²) in [5.41, 5.74) is 3.68. The van der Waals surface area contributed by atoms with Gasteiger partial charge < -0.3 is 4.40 Å². The average Bonchev–Trinajstić information content (AvgIpc) is 2.68. The third kappa shape index (κ3) is 1.70. The minimum atomic E-state index is 0.452. The van der Waals surface area contributed by atoms with Crippen LogP contribution in [0.25, 0.3) is 5.65 Å². The van der Waals surface area contributed by atoms with E-state index in [1.807, 2.05) is 0 Å². The van der Waals surface area contributed by atoms with Crippen LogP contribution in [0.3, 0.4) is 0 Å². The first-order chi connectivity index (χ1) is 8.20. The number of imidazole rings is 1. The number of likely N-dealkylation sites (N-methyl/N-ethyl adjacent to an activating group) is 1. The molecule has 90 valence electrons. The molecule has 1 aliphatic rings. The highest BCUT2D eigenvalue weighted by Crippen LogP contribution is 2.30. The molecule has 2 aromatic rings. The summed E-state index contributed by atoms with van der Waals surface area (Å²) in [6.45, 7) is 6.72. The maximum Gasteiger partial charge on any atom is 0.137 e. The van der Waals surface area contributed by atoms with Crippen LogP contribution in [-0.4, -0.2) is 27.4 Å². The molecule has 1 aliphatic heterocycles. The summed E-state index contributed by atoms with van der Waals surface area (Å²) in [4.78, 5) is 7.23. The van der Waals surface area contributed by atoms with Crippen LogP contribution < -0.4 is 0 Å². The Morgan fingerprint density at radius 2 is 2.29 bits per heavy atom. The topological polar surface area (TPSA) is 20.5 Å².